The Hall–Kier alpha value is -3.42. The number of amides is 1. The fraction of sp³-hybridized carbons (Fsp3) is 0.176. The molecule has 0 saturated carbocycles. The van der Waals surface area contributed by atoms with Crippen LogP contribution in [-0.2, 0) is 11.3 Å². The van der Waals surface area contributed by atoms with E-state index in [9.17, 15) is 4.79 Å². The molecule has 3 heterocycles. The van der Waals surface area contributed by atoms with E-state index in [0.717, 1.165) is 27.5 Å². The van der Waals surface area contributed by atoms with Crippen molar-refractivity contribution in [3.05, 3.63) is 36.7 Å². The first-order valence-corrected chi connectivity index (χ1v) is 7.98. The van der Waals surface area contributed by atoms with Crippen LogP contribution in [0.1, 0.15) is 6.92 Å². The molecule has 126 valence electrons. The largest absolute Gasteiger partial charge is 0.382 e. The number of benzene rings is 1. The SMILES string of the molecule is CCNC(=O)Cn1cc2c(n1)c(N)nc1cc(-c3ccn[nH]3)ccc12. The van der Waals surface area contributed by atoms with Gasteiger partial charge in [0, 0.05) is 35.3 Å². The normalized spacial score (nSPS) is 11.2. The van der Waals surface area contributed by atoms with E-state index in [-0.39, 0.29) is 12.5 Å². The van der Waals surface area contributed by atoms with Gasteiger partial charge < -0.3 is 11.1 Å². The fourth-order valence-electron chi connectivity index (χ4n) is 2.91. The minimum Gasteiger partial charge on any atom is -0.382 e. The number of fused-ring (bicyclic) bond motifs is 3. The minimum absolute atomic E-state index is 0.0901. The van der Waals surface area contributed by atoms with E-state index in [2.05, 4.69) is 25.6 Å². The van der Waals surface area contributed by atoms with E-state index in [1.807, 2.05) is 37.4 Å². The zero-order valence-electron chi connectivity index (χ0n) is 13.7. The summed E-state index contributed by atoms with van der Waals surface area (Å²) in [6.45, 7) is 2.61. The summed E-state index contributed by atoms with van der Waals surface area (Å²) in [7, 11) is 0. The molecule has 0 unspecified atom stereocenters. The Morgan fingerprint density at radius 2 is 2.20 bits per heavy atom. The third kappa shape index (κ3) is 2.67. The summed E-state index contributed by atoms with van der Waals surface area (Å²) < 4.78 is 1.59. The Morgan fingerprint density at radius 1 is 1.32 bits per heavy atom. The standard InChI is InChI=1S/C17H17N7O/c1-2-19-15(25)9-24-8-12-11-4-3-10(13-5-6-20-22-13)7-14(11)21-17(18)16(12)23-24/h3-8H,2,9H2,1H3,(H2,18,21)(H,19,25)(H,20,22). The topological polar surface area (TPSA) is 115 Å². The molecular weight excluding hydrogens is 318 g/mol. The van der Waals surface area contributed by atoms with Crippen molar-refractivity contribution in [1.82, 2.24) is 30.3 Å². The van der Waals surface area contributed by atoms with Gasteiger partial charge in [-0.2, -0.15) is 10.2 Å². The number of nitrogens with zero attached hydrogens (tertiary/aromatic N) is 4. The molecule has 3 aromatic heterocycles. The summed E-state index contributed by atoms with van der Waals surface area (Å²) in [6, 6.07) is 7.83. The minimum atomic E-state index is -0.0901. The molecule has 0 aliphatic heterocycles. The van der Waals surface area contributed by atoms with Gasteiger partial charge in [0.1, 0.15) is 12.1 Å². The van der Waals surface area contributed by atoms with Crippen molar-refractivity contribution in [1.29, 1.82) is 0 Å². The Balaban J connectivity index is 1.82. The predicted octanol–water partition coefficient (Wildman–Crippen LogP) is 1.69. The van der Waals surface area contributed by atoms with Crippen LogP contribution < -0.4 is 11.1 Å². The smallest absolute Gasteiger partial charge is 0.241 e. The van der Waals surface area contributed by atoms with Crippen LogP contribution in [0.15, 0.2) is 36.7 Å². The van der Waals surface area contributed by atoms with Crippen molar-refractivity contribution in [3.63, 3.8) is 0 Å². The second-order valence-electron chi connectivity index (χ2n) is 5.74. The highest BCUT2D eigenvalue weighted by atomic mass is 16.2. The Labute approximate surface area is 143 Å². The van der Waals surface area contributed by atoms with Gasteiger partial charge >= 0.3 is 0 Å². The molecule has 8 nitrogen and oxygen atoms in total. The van der Waals surface area contributed by atoms with Gasteiger partial charge in [-0.3, -0.25) is 14.6 Å². The molecule has 8 heteroatoms. The fourth-order valence-corrected chi connectivity index (χ4v) is 2.91. The number of anilines is 1. The molecule has 0 spiro atoms. The van der Waals surface area contributed by atoms with Crippen LogP contribution in [-0.4, -0.2) is 37.4 Å². The molecule has 1 amide bonds. The summed E-state index contributed by atoms with van der Waals surface area (Å²) in [5.41, 5.74) is 9.35. The number of aromatic nitrogens is 5. The maximum absolute atomic E-state index is 11.8. The molecule has 0 bridgehead atoms. The lowest BCUT2D eigenvalue weighted by molar-refractivity contribution is -0.121. The third-order valence-corrected chi connectivity index (χ3v) is 4.02. The van der Waals surface area contributed by atoms with Crippen molar-refractivity contribution < 1.29 is 4.79 Å². The molecule has 0 atom stereocenters. The van der Waals surface area contributed by atoms with Gasteiger partial charge in [-0.15, -0.1) is 0 Å². The lowest BCUT2D eigenvalue weighted by atomic mass is 10.1. The van der Waals surface area contributed by atoms with Crippen molar-refractivity contribution >= 4 is 33.5 Å². The quantitative estimate of drug-likeness (QED) is 0.525. The van der Waals surface area contributed by atoms with Crippen LogP contribution in [0, 0.1) is 0 Å². The summed E-state index contributed by atoms with van der Waals surface area (Å²) in [5, 5.41) is 15.9. The molecule has 1 aromatic carbocycles. The maximum atomic E-state index is 11.8. The van der Waals surface area contributed by atoms with Gasteiger partial charge in [-0.25, -0.2) is 4.98 Å². The van der Waals surface area contributed by atoms with Gasteiger partial charge in [0.2, 0.25) is 5.91 Å². The zero-order valence-corrected chi connectivity index (χ0v) is 13.7. The Morgan fingerprint density at radius 3 is 2.96 bits per heavy atom. The van der Waals surface area contributed by atoms with Crippen molar-refractivity contribution in [2.75, 3.05) is 12.3 Å². The number of nitrogens with one attached hydrogen (secondary N) is 2. The van der Waals surface area contributed by atoms with Gasteiger partial charge in [0.05, 0.1) is 11.2 Å². The number of carbonyl (C=O) groups excluding carboxylic acids is 1. The first-order valence-electron chi connectivity index (χ1n) is 7.98. The highest BCUT2D eigenvalue weighted by Gasteiger charge is 2.13. The average molecular weight is 335 g/mol. The second kappa shape index (κ2) is 5.90. The molecular formula is C17H17N7O. The molecule has 0 saturated heterocycles. The molecule has 4 aromatic rings. The van der Waals surface area contributed by atoms with Gasteiger partial charge in [0.25, 0.3) is 0 Å². The highest BCUT2D eigenvalue weighted by molar-refractivity contribution is 6.08. The molecule has 0 radical (unpaired) electrons. The molecule has 4 N–H and O–H groups in total. The monoisotopic (exact) mass is 335 g/mol. The van der Waals surface area contributed by atoms with Gasteiger partial charge in [0.15, 0.2) is 5.82 Å². The first-order chi connectivity index (χ1) is 12.2. The van der Waals surface area contributed by atoms with Crippen LogP contribution in [0.3, 0.4) is 0 Å². The summed E-state index contributed by atoms with van der Waals surface area (Å²) in [4.78, 5) is 16.3. The van der Waals surface area contributed by atoms with Crippen molar-refractivity contribution in [2.45, 2.75) is 13.5 Å². The van der Waals surface area contributed by atoms with Crippen LogP contribution >= 0.6 is 0 Å². The number of carbonyl (C=O) groups is 1. The number of likely N-dealkylation sites (N-methyl/N-ethyl adjacent to an activating group) is 1. The van der Waals surface area contributed by atoms with Crippen LogP contribution in [0.4, 0.5) is 5.82 Å². The van der Waals surface area contributed by atoms with Gasteiger partial charge in [-0.05, 0) is 19.1 Å². The van der Waals surface area contributed by atoms with E-state index in [0.29, 0.717) is 17.9 Å². The van der Waals surface area contributed by atoms with Crippen molar-refractivity contribution in [3.8, 4) is 11.3 Å². The van der Waals surface area contributed by atoms with E-state index in [1.165, 1.54) is 0 Å². The molecule has 0 fully saturated rings. The van der Waals surface area contributed by atoms with Crippen LogP contribution in [0.25, 0.3) is 33.1 Å². The number of H-pyrrole nitrogens is 1. The second-order valence-corrected chi connectivity index (χ2v) is 5.74. The van der Waals surface area contributed by atoms with Crippen LogP contribution in [0.5, 0.6) is 0 Å². The third-order valence-electron chi connectivity index (χ3n) is 4.02. The number of hydrogen-bond acceptors (Lipinski definition) is 5. The predicted molar refractivity (Wildman–Crippen MR) is 95.7 cm³/mol. The first kappa shape index (κ1) is 15.1. The number of nitrogens with two attached hydrogens (primary N) is 1. The van der Waals surface area contributed by atoms with Crippen molar-refractivity contribution in [2.24, 2.45) is 0 Å². The number of nitrogen functional groups attached to an aromatic ring is 1. The van der Waals surface area contributed by atoms with Crippen LogP contribution in [0.2, 0.25) is 0 Å². The summed E-state index contributed by atoms with van der Waals surface area (Å²) in [6.07, 6.45) is 3.54. The molecule has 4 rings (SSSR count). The average Bonchev–Trinajstić information content (AvgIpc) is 3.24. The Bertz CT molecular complexity index is 1070. The van der Waals surface area contributed by atoms with E-state index in [1.54, 1.807) is 10.9 Å². The lowest BCUT2D eigenvalue weighted by Crippen LogP contribution is -2.27. The Kier molecular flexibility index (Phi) is 3.57. The van der Waals surface area contributed by atoms with E-state index in [4.69, 9.17) is 5.73 Å². The summed E-state index contributed by atoms with van der Waals surface area (Å²) >= 11 is 0. The number of rotatable bonds is 4. The lowest BCUT2D eigenvalue weighted by Gasteiger charge is -2.03. The van der Waals surface area contributed by atoms with E-state index >= 15 is 0 Å². The number of hydrogen-bond donors (Lipinski definition) is 3. The number of aromatic amines is 1. The summed E-state index contributed by atoms with van der Waals surface area (Å²) in [5.74, 6) is 0.256. The molecule has 0 aliphatic carbocycles. The molecule has 0 aliphatic rings. The van der Waals surface area contributed by atoms with Gasteiger partial charge in [-0.1, -0.05) is 12.1 Å². The maximum Gasteiger partial charge on any atom is 0.241 e. The highest BCUT2D eigenvalue weighted by Crippen LogP contribution is 2.29. The zero-order chi connectivity index (χ0) is 17.4. The van der Waals surface area contributed by atoms with E-state index < -0.39 is 0 Å². The number of pyridine rings is 1. The molecule has 25 heavy (non-hydrogen) atoms.